The molecule has 302 valence electrons. The third-order valence-electron chi connectivity index (χ3n) is 13.5. The van der Waals surface area contributed by atoms with Gasteiger partial charge in [0, 0.05) is 10.8 Å². The highest BCUT2D eigenvalue weighted by Crippen LogP contribution is 2.54. The van der Waals surface area contributed by atoms with Crippen LogP contribution in [0.1, 0.15) is 151 Å². The maximum Gasteiger partial charge on any atom is 0.118 e. The first kappa shape index (κ1) is 41.7. The fraction of sp³-hybridized carbons (Fsp3) is 0.538. The van der Waals surface area contributed by atoms with Crippen molar-refractivity contribution in [1.82, 2.24) is 0 Å². The predicted octanol–water partition coefficient (Wildman–Crippen LogP) is 13.0. The highest BCUT2D eigenvalue weighted by atomic mass is 16.3. The smallest absolute Gasteiger partial charge is 0.118 e. The molecule has 56 heavy (non-hydrogen) atoms. The van der Waals surface area contributed by atoms with Gasteiger partial charge in [-0.3, -0.25) is 0 Å². The molecule has 4 heteroatoms. The maximum atomic E-state index is 10.9. The van der Waals surface area contributed by atoms with Crippen LogP contribution < -0.4 is 0 Å². The van der Waals surface area contributed by atoms with Crippen molar-refractivity contribution in [1.29, 1.82) is 0 Å². The molecule has 4 N–H and O–H groups in total. The number of rotatable bonds is 13. The first-order chi connectivity index (χ1) is 26.6. The Labute approximate surface area is 338 Å². The van der Waals surface area contributed by atoms with E-state index in [0.29, 0.717) is 58.5 Å². The minimum absolute atomic E-state index is 0.175. The first-order valence-electron chi connectivity index (χ1n) is 21.9. The molecule has 0 aromatic heterocycles. The molecule has 4 aromatic carbocycles. The van der Waals surface area contributed by atoms with Gasteiger partial charge < -0.3 is 20.4 Å². The molecule has 2 aliphatic rings. The van der Waals surface area contributed by atoms with Crippen LogP contribution in [0.3, 0.4) is 0 Å². The second-order valence-electron chi connectivity index (χ2n) is 19.6. The summed E-state index contributed by atoms with van der Waals surface area (Å²) < 4.78 is 0. The number of hydrogen-bond donors (Lipinski definition) is 4. The zero-order valence-corrected chi connectivity index (χ0v) is 35.7. The Kier molecular flexibility index (Phi) is 12.9. The average molecular weight is 759 g/mol. The van der Waals surface area contributed by atoms with Gasteiger partial charge in [-0.05, 0) is 181 Å². The fourth-order valence-electron chi connectivity index (χ4n) is 10.6. The fourth-order valence-corrected chi connectivity index (χ4v) is 10.6. The molecule has 0 amide bonds. The van der Waals surface area contributed by atoms with Crippen LogP contribution in [0.15, 0.2) is 72.8 Å². The summed E-state index contributed by atoms with van der Waals surface area (Å²) >= 11 is 0. The zero-order chi connectivity index (χ0) is 40.4. The predicted molar refractivity (Wildman–Crippen MR) is 232 cm³/mol. The van der Waals surface area contributed by atoms with Crippen LogP contribution in [0.25, 0.3) is 0 Å². The lowest BCUT2D eigenvalue weighted by Gasteiger charge is -2.47. The molecule has 6 rings (SSSR count). The maximum absolute atomic E-state index is 10.9. The number of hydrogen-bond acceptors (Lipinski definition) is 4. The minimum atomic E-state index is -0.175. The van der Waals surface area contributed by atoms with Crippen LogP contribution in [0, 0.1) is 35.5 Å². The summed E-state index contributed by atoms with van der Waals surface area (Å²) in [5, 5.41) is 43.6. The molecule has 0 aliphatic heterocycles. The van der Waals surface area contributed by atoms with Gasteiger partial charge in [-0.1, -0.05) is 104 Å². The van der Waals surface area contributed by atoms with Gasteiger partial charge in [0.25, 0.3) is 0 Å². The highest BCUT2D eigenvalue weighted by molar-refractivity contribution is 5.50. The molecule has 0 heterocycles. The molecule has 0 spiro atoms. The van der Waals surface area contributed by atoms with E-state index in [1.54, 1.807) is 0 Å². The van der Waals surface area contributed by atoms with Crippen LogP contribution >= 0.6 is 0 Å². The second kappa shape index (κ2) is 17.3. The van der Waals surface area contributed by atoms with E-state index in [2.05, 4.69) is 104 Å². The average Bonchev–Trinajstić information content (AvgIpc) is 3.14. The zero-order valence-electron chi connectivity index (χ0n) is 35.7. The van der Waals surface area contributed by atoms with Gasteiger partial charge in [0.15, 0.2) is 0 Å². The molecule has 0 unspecified atom stereocenters. The molecule has 4 nitrogen and oxygen atoms in total. The van der Waals surface area contributed by atoms with Crippen LogP contribution in [-0.2, 0) is 36.5 Å². The van der Waals surface area contributed by atoms with Crippen molar-refractivity contribution in [2.24, 2.45) is 35.5 Å². The van der Waals surface area contributed by atoms with Crippen molar-refractivity contribution in [2.75, 3.05) is 0 Å². The topological polar surface area (TPSA) is 80.9 Å². The summed E-state index contributed by atoms with van der Waals surface area (Å²) in [6.45, 7) is 17.7. The third-order valence-corrected chi connectivity index (χ3v) is 13.5. The van der Waals surface area contributed by atoms with Gasteiger partial charge in [-0.25, -0.2) is 0 Å². The standard InChI is InChI=1S/C52H70O4/c1-33(2)25-39-29-43(9-13-47(39)53)51(44-10-14-48(54)40(30-44)26-34(3)4)21-17-37(18-22-51)38-19-23-52(24-20-38,45-11-15-49(55)41(31-45)27-35(5)6)46-12-16-50(56)42(32-46)28-36(7)8/h9-16,29-38,53-56H,17-28H2,1-8H3. The number of aromatic hydroxyl groups is 4. The van der Waals surface area contributed by atoms with Gasteiger partial charge in [0.2, 0.25) is 0 Å². The largest absolute Gasteiger partial charge is 0.508 e. The van der Waals surface area contributed by atoms with E-state index >= 15 is 0 Å². The van der Waals surface area contributed by atoms with Crippen molar-refractivity contribution in [3.63, 3.8) is 0 Å². The highest BCUT2D eigenvalue weighted by Gasteiger charge is 2.45. The quantitative estimate of drug-likeness (QED) is 0.109. The molecular weight excluding hydrogens is 689 g/mol. The van der Waals surface area contributed by atoms with Gasteiger partial charge >= 0.3 is 0 Å². The number of phenols is 4. The van der Waals surface area contributed by atoms with E-state index < -0.39 is 0 Å². The number of benzene rings is 4. The van der Waals surface area contributed by atoms with Crippen molar-refractivity contribution >= 4 is 0 Å². The lowest BCUT2D eigenvalue weighted by atomic mass is 9.57. The van der Waals surface area contributed by atoms with Gasteiger partial charge in [-0.2, -0.15) is 0 Å². The van der Waals surface area contributed by atoms with Gasteiger partial charge in [0.05, 0.1) is 0 Å². The Morgan fingerprint density at radius 2 is 0.607 bits per heavy atom. The summed E-state index contributed by atoms with van der Waals surface area (Å²) in [6, 6.07) is 25.5. The van der Waals surface area contributed by atoms with Crippen LogP contribution in [-0.4, -0.2) is 20.4 Å². The summed E-state index contributed by atoms with van der Waals surface area (Å²) in [5.41, 5.74) is 8.94. The van der Waals surface area contributed by atoms with Crippen molar-refractivity contribution in [3.8, 4) is 23.0 Å². The normalized spacial score (nSPS) is 17.7. The molecule has 0 radical (unpaired) electrons. The minimum Gasteiger partial charge on any atom is -0.508 e. The van der Waals surface area contributed by atoms with Crippen LogP contribution in [0.2, 0.25) is 0 Å². The Balaban J connectivity index is 1.31. The Morgan fingerprint density at radius 3 is 0.804 bits per heavy atom. The Hall–Kier alpha value is -3.92. The van der Waals surface area contributed by atoms with Crippen molar-refractivity contribution in [2.45, 2.75) is 143 Å². The van der Waals surface area contributed by atoms with E-state index in [9.17, 15) is 20.4 Å². The SMILES string of the molecule is CC(C)Cc1cc(C2(c3ccc(O)c(CC(C)C)c3)CCC(C3CCC(c4ccc(O)c(CC(C)C)c4)(c4ccc(O)c(CC(C)C)c4)CC3)CC2)ccc1O. The van der Waals surface area contributed by atoms with Crippen LogP contribution in [0.5, 0.6) is 23.0 Å². The summed E-state index contributed by atoms with van der Waals surface area (Å²) in [7, 11) is 0. The summed E-state index contributed by atoms with van der Waals surface area (Å²) in [4.78, 5) is 0. The molecule has 2 saturated carbocycles. The summed E-state index contributed by atoms with van der Waals surface area (Å²) in [6.07, 6.45) is 12.1. The lowest BCUT2D eigenvalue weighted by molar-refractivity contribution is 0.140. The molecule has 2 aliphatic carbocycles. The number of phenolic OH excluding ortho intramolecular Hbond substituents is 4. The van der Waals surface area contributed by atoms with Crippen molar-refractivity contribution < 1.29 is 20.4 Å². The molecule has 0 atom stereocenters. The van der Waals surface area contributed by atoms with E-state index in [1.165, 1.54) is 22.3 Å². The first-order valence-corrected chi connectivity index (χ1v) is 21.9. The molecular formula is C52H70O4. The molecule has 4 aromatic rings. The Bertz CT molecular complexity index is 1670. The molecule has 0 saturated heterocycles. The second-order valence-corrected chi connectivity index (χ2v) is 19.6. The monoisotopic (exact) mass is 759 g/mol. The Morgan fingerprint density at radius 1 is 0.393 bits per heavy atom. The van der Waals surface area contributed by atoms with Crippen molar-refractivity contribution in [3.05, 3.63) is 117 Å². The van der Waals surface area contributed by atoms with E-state index in [0.717, 1.165) is 99.3 Å². The van der Waals surface area contributed by atoms with E-state index in [1.807, 2.05) is 24.3 Å². The molecule has 2 fully saturated rings. The molecule has 0 bridgehead atoms. The van der Waals surface area contributed by atoms with E-state index in [-0.39, 0.29) is 10.8 Å². The third kappa shape index (κ3) is 8.95. The summed E-state index contributed by atoms with van der Waals surface area (Å²) in [5.74, 6) is 4.59. The van der Waals surface area contributed by atoms with E-state index in [4.69, 9.17) is 0 Å². The van der Waals surface area contributed by atoms with Gasteiger partial charge in [0.1, 0.15) is 23.0 Å². The van der Waals surface area contributed by atoms with Crippen LogP contribution in [0.4, 0.5) is 0 Å². The lowest BCUT2D eigenvalue weighted by Crippen LogP contribution is -2.39. The van der Waals surface area contributed by atoms with Gasteiger partial charge in [-0.15, -0.1) is 0 Å².